The molecule has 0 spiro atoms. The first-order chi connectivity index (χ1) is 5.15. The van der Waals surface area contributed by atoms with E-state index in [-0.39, 0.29) is 6.61 Å². The second-order valence-electron chi connectivity index (χ2n) is 1.96. The van der Waals surface area contributed by atoms with Crippen molar-refractivity contribution in [2.24, 2.45) is 0 Å². The Bertz CT molecular complexity index is 104. The number of carbonyl (C=O) groups is 1. The zero-order valence-electron chi connectivity index (χ0n) is 7.08. The van der Waals surface area contributed by atoms with Crippen molar-refractivity contribution >= 4 is 5.97 Å². The number of aliphatic hydroxyl groups excluding tert-OH is 1. The van der Waals surface area contributed by atoms with Crippen LogP contribution in [0.4, 0.5) is 0 Å². The highest BCUT2D eigenvalue weighted by Gasteiger charge is 1.68. The SMILES string of the molecule is CC(=O)O.CCC/C=C/CO. The number of carboxylic acids is 1. The number of aliphatic hydroxyl groups is 1. The van der Waals surface area contributed by atoms with Crippen LogP contribution in [0.3, 0.4) is 0 Å². The Morgan fingerprint density at radius 3 is 2.18 bits per heavy atom. The molecular weight excluding hydrogens is 144 g/mol. The number of unbranched alkanes of at least 4 members (excludes halogenated alkanes) is 1. The molecule has 0 atom stereocenters. The molecule has 66 valence electrons. The summed E-state index contributed by atoms with van der Waals surface area (Å²) in [6.07, 6.45) is 6.00. The Hall–Kier alpha value is -0.830. The van der Waals surface area contributed by atoms with Crippen molar-refractivity contribution < 1.29 is 15.0 Å². The Morgan fingerprint density at radius 1 is 1.45 bits per heavy atom. The van der Waals surface area contributed by atoms with Gasteiger partial charge >= 0.3 is 0 Å². The third-order valence-corrected chi connectivity index (χ3v) is 0.727. The molecular formula is C8H16O3. The summed E-state index contributed by atoms with van der Waals surface area (Å²) in [5.74, 6) is -0.833. The Kier molecular flexibility index (Phi) is 13.9. The molecule has 0 bridgehead atoms. The average Bonchev–Trinajstić information content (AvgIpc) is 1.88. The van der Waals surface area contributed by atoms with Crippen molar-refractivity contribution in [3.8, 4) is 0 Å². The van der Waals surface area contributed by atoms with Gasteiger partial charge in [0.05, 0.1) is 6.61 Å². The van der Waals surface area contributed by atoms with E-state index in [4.69, 9.17) is 15.0 Å². The summed E-state index contributed by atoms with van der Waals surface area (Å²) in [6, 6.07) is 0. The van der Waals surface area contributed by atoms with Gasteiger partial charge in [0, 0.05) is 6.92 Å². The summed E-state index contributed by atoms with van der Waals surface area (Å²) in [6.45, 7) is 3.38. The fraction of sp³-hybridized carbons (Fsp3) is 0.625. The van der Waals surface area contributed by atoms with Crippen molar-refractivity contribution in [1.82, 2.24) is 0 Å². The number of carboxylic acid groups (broad SMARTS) is 1. The highest BCUT2D eigenvalue weighted by molar-refractivity contribution is 5.62. The fourth-order valence-electron chi connectivity index (χ4n) is 0.359. The van der Waals surface area contributed by atoms with Gasteiger partial charge in [0.25, 0.3) is 5.97 Å². The van der Waals surface area contributed by atoms with E-state index in [0.717, 1.165) is 19.8 Å². The van der Waals surface area contributed by atoms with Crippen molar-refractivity contribution in [2.75, 3.05) is 6.61 Å². The fourth-order valence-corrected chi connectivity index (χ4v) is 0.359. The molecule has 0 aliphatic heterocycles. The lowest BCUT2D eigenvalue weighted by molar-refractivity contribution is -0.134. The lowest BCUT2D eigenvalue weighted by Gasteiger charge is -1.79. The number of rotatable bonds is 3. The van der Waals surface area contributed by atoms with Gasteiger partial charge in [-0.15, -0.1) is 0 Å². The molecule has 0 aliphatic carbocycles. The highest BCUT2D eigenvalue weighted by atomic mass is 16.4. The zero-order valence-corrected chi connectivity index (χ0v) is 7.08. The molecule has 0 saturated carbocycles. The van der Waals surface area contributed by atoms with Gasteiger partial charge in [-0.25, -0.2) is 0 Å². The van der Waals surface area contributed by atoms with Crippen LogP contribution in [0, 0.1) is 0 Å². The van der Waals surface area contributed by atoms with Gasteiger partial charge in [0.15, 0.2) is 0 Å². The molecule has 0 aromatic carbocycles. The summed E-state index contributed by atoms with van der Waals surface area (Å²) in [4.78, 5) is 9.00. The molecule has 0 unspecified atom stereocenters. The van der Waals surface area contributed by atoms with Crippen LogP contribution in [0.2, 0.25) is 0 Å². The maximum Gasteiger partial charge on any atom is 0.300 e. The summed E-state index contributed by atoms with van der Waals surface area (Å²) < 4.78 is 0. The zero-order chi connectivity index (χ0) is 9.11. The topological polar surface area (TPSA) is 57.5 Å². The normalized spacial score (nSPS) is 9.00. The molecule has 3 nitrogen and oxygen atoms in total. The Balaban J connectivity index is 0. The van der Waals surface area contributed by atoms with Crippen LogP contribution in [0.1, 0.15) is 26.7 Å². The third kappa shape index (κ3) is 46.9. The standard InChI is InChI=1S/C6H12O.C2H4O2/c1-2-3-4-5-6-7;1-2(3)4/h4-5,7H,2-3,6H2,1H3;1H3,(H,3,4)/b5-4+;. The molecule has 0 aromatic heterocycles. The second kappa shape index (κ2) is 11.9. The van der Waals surface area contributed by atoms with E-state index < -0.39 is 5.97 Å². The molecule has 0 radical (unpaired) electrons. The Morgan fingerprint density at radius 2 is 1.91 bits per heavy atom. The highest BCUT2D eigenvalue weighted by Crippen LogP contribution is 1.85. The van der Waals surface area contributed by atoms with Gasteiger partial charge in [-0.3, -0.25) is 4.79 Å². The summed E-state index contributed by atoms with van der Waals surface area (Å²) in [5.41, 5.74) is 0. The van der Waals surface area contributed by atoms with Crippen LogP contribution in [-0.2, 0) is 4.79 Å². The van der Waals surface area contributed by atoms with Gasteiger partial charge in [-0.1, -0.05) is 25.5 Å². The minimum absolute atomic E-state index is 0.181. The molecule has 0 fully saturated rings. The van der Waals surface area contributed by atoms with Crippen molar-refractivity contribution in [3.63, 3.8) is 0 Å². The van der Waals surface area contributed by atoms with Crippen LogP contribution >= 0.6 is 0 Å². The van der Waals surface area contributed by atoms with Crippen molar-refractivity contribution in [3.05, 3.63) is 12.2 Å². The molecule has 0 amide bonds. The first-order valence-corrected chi connectivity index (χ1v) is 3.60. The van der Waals surface area contributed by atoms with Gasteiger partial charge < -0.3 is 10.2 Å². The van der Waals surface area contributed by atoms with Crippen LogP contribution in [0.25, 0.3) is 0 Å². The summed E-state index contributed by atoms with van der Waals surface area (Å²) in [5, 5.41) is 15.6. The second-order valence-corrected chi connectivity index (χ2v) is 1.96. The number of hydrogen-bond acceptors (Lipinski definition) is 2. The summed E-state index contributed by atoms with van der Waals surface area (Å²) >= 11 is 0. The minimum atomic E-state index is -0.833. The largest absolute Gasteiger partial charge is 0.481 e. The van der Waals surface area contributed by atoms with Crippen molar-refractivity contribution in [1.29, 1.82) is 0 Å². The lowest BCUT2D eigenvalue weighted by atomic mass is 10.3. The van der Waals surface area contributed by atoms with Crippen LogP contribution in [0.5, 0.6) is 0 Å². The molecule has 2 N–H and O–H groups in total. The van der Waals surface area contributed by atoms with Crippen LogP contribution in [-0.4, -0.2) is 22.8 Å². The van der Waals surface area contributed by atoms with Gasteiger partial charge in [0.2, 0.25) is 0 Å². The first-order valence-electron chi connectivity index (χ1n) is 3.60. The van der Waals surface area contributed by atoms with E-state index in [1.54, 1.807) is 6.08 Å². The molecule has 11 heavy (non-hydrogen) atoms. The Labute approximate surface area is 67.4 Å². The molecule has 0 heterocycles. The molecule has 0 rings (SSSR count). The molecule has 3 heteroatoms. The monoisotopic (exact) mass is 160 g/mol. The van der Waals surface area contributed by atoms with Crippen LogP contribution < -0.4 is 0 Å². The predicted octanol–water partition coefficient (Wildman–Crippen LogP) is 1.43. The third-order valence-electron chi connectivity index (χ3n) is 0.727. The quantitative estimate of drug-likeness (QED) is 0.614. The molecule has 0 aromatic rings. The van der Waals surface area contributed by atoms with E-state index >= 15 is 0 Å². The first kappa shape index (κ1) is 12.8. The van der Waals surface area contributed by atoms with E-state index in [1.165, 1.54) is 0 Å². The summed E-state index contributed by atoms with van der Waals surface area (Å²) in [7, 11) is 0. The molecule has 0 saturated heterocycles. The lowest BCUT2D eigenvalue weighted by Crippen LogP contribution is -1.78. The number of aliphatic carboxylic acids is 1. The van der Waals surface area contributed by atoms with Crippen molar-refractivity contribution in [2.45, 2.75) is 26.7 Å². The van der Waals surface area contributed by atoms with E-state index in [2.05, 4.69) is 6.92 Å². The molecule has 0 aliphatic rings. The van der Waals surface area contributed by atoms with Crippen LogP contribution in [0.15, 0.2) is 12.2 Å². The van der Waals surface area contributed by atoms with E-state index in [1.807, 2.05) is 6.08 Å². The minimum Gasteiger partial charge on any atom is -0.481 e. The van der Waals surface area contributed by atoms with E-state index in [9.17, 15) is 0 Å². The number of allylic oxidation sites excluding steroid dienone is 1. The maximum absolute atomic E-state index is 9.00. The average molecular weight is 160 g/mol. The van der Waals surface area contributed by atoms with Gasteiger partial charge in [-0.2, -0.15) is 0 Å². The van der Waals surface area contributed by atoms with Gasteiger partial charge in [0.1, 0.15) is 0 Å². The number of hydrogen-bond donors (Lipinski definition) is 2. The maximum atomic E-state index is 9.00. The smallest absolute Gasteiger partial charge is 0.300 e. The van der Waals surface area contributed by atoms with E-state index in [0.29, 0.717) is 0 Å². The van der Waals surface area contributed by atoms with Gasteiger partial charge in [-0.05, 0) is 6.42 Å². The predicted molar refractivity (Wildman–Crippen MR) is 44.4 cm³/mol.